The highest BCUT2D eigenvalue weighted by Crippen LogP contribution is 2.30. The maximum absolute atomic E-state index is 12.0. The van der Waals surface area contributed by atoms with Gasteiger partial charge in [0, 0.05) is 6.42 Å². The van der Waals surface area contributed by atoms with Gasteiger partial charge in [0.15, 0.2) is 0 Å². The van der Waals surface area contributed by atoms with Crippen LogP contribution in [0, 0.1) is 0 Å². The van der Waals surface area contributed by atoms with Gasteiger partial charge < -0.3 is 0 Å². The van der Waals surface area contributed by atoms with Crippen molar-refractivity contribution in [1.29, 1.82) is 0 Å². The minimum Gasteiger partial charge on any atom is -0.296 e. The van der Waals surface area contributed by atoms with E-state index < -0.39 is 0 Å². The summed E-state index contributed by atoms with van der Waals surface area (Å²) in [4.78, 5) is 23.2. The molecule has 1 fully saturated rings. The van der Waals surface area contributed by atoms with Crippen molar-refractivity contribution in [2.75, 3.05) is 0 Å². The van der Waals surface area contributed by atoms with E-state index in [0.29, 0.717) is 18.8 Å². The molecule has 2 amide bonds. The molecule has 2 rings (SSSR count). The average Bonchev–Trinajstić information content (AvgIpc) is 2.38. The summed E-state index contributed by atoms with van der Waals surface area (Å²) >= 11 is 0. The van der Waals surface area contributed by atoms with Gasteiger partial charge in [-0.1, -0.05) is 39.0 Å². The van der Waals surface area contributed by atoms with Gasteiger partial charge in [0.05, 0.1) is 5.92 Å². The molecule has 1 aromatic rings. The van der Waals surface area contributed by atoms with Crippen LogP contribution in [0.25, 0.3) is 0 Å². The van der Waals surface area contributed by atoms with Gasteiger partial charge in [-0.05, 0) is 35.4 Å². The Labute approximate surface area is 114 Å². The molecule has 0 unspecified atom stereocenters. The number of aryl methyl sites for hydroxylation is 1. The number of imide groups is 1. The minimum atomic E-state index is -0.172. The maximum atomic E-state index is 12.0. The first-order chi connectivity index (χ1) is 9.02. The van der Waals surface area contributed by atoms with Gasteiger partial charge in [0.2, 0.25) is 11.8 Å². The molecule has 1 saturated heterocycles. The number of benzene rings is 1. The van der Waals surface area contributed by atoms with Crippen LogP contribution >= 0.6 is 0 Å². The van der Waals surface area contributed by atoms with E-state index in [-0.39, 0.29) is 17.7 Å². The molecule has 0 bridgehead atoms. The van der Waals surface area contributed by atoms with Crippen LogP contribution in [0.15, 0.2) is 18.2 Å². The lowest BCUT2D eigenvalue weighted by Crippen LogP contribution is -2.39. The van der Waals surface area contributed by atoms with Gasteiger partial charge in [-0.25, -0.2) is 0 Å². The highest BCUT2D eigenvalue weighted by Gasteiger charge is 2.29. The summed E-state index contributed by atoms with van der Waals surface area (Å²) in [6.07, 6.45) is 1.97. The number of carbonyl (C=O) groups excluding carboxylic acids is 2. The monoisotopic (exact) mass is 259 g/mol. The van der Waals surface area contributed by atoms with Crippen LogP contribution in [0.4, 0.5) is 0 Å². The van der Waals surface area contributed by atoms with Crippen LogP contribution in [0.2, 0.25) is 0 Å². The summed E-state index contributed by atoms with van der Waals surface area (Å²) in [7, 11) is 0. The van der Waals surface area contributed by atoms with Crippen molar-refractivity contribution in [2.24, 2.45) is 0 Å². The van der Waals surface area contributed by atoms with Crippen molar-refractivity contribution in [3.05, 3.63) is 34.9 Å². The number of carbonyl (C=O) groups is 2. The lowest BCUT2D eigenvalue weighted by atomic mass is 9.85. The van der Waals surface area contributed by atoms with E-state index in [4.69, 9.17) is 0 Å². The van der Waals surface area contributed by atoms with Crippen LogP contribution in [-0.4, -0.2) is 11.8 Å². The minimum absolute atomic E-state index is 0.150. The second-order valence-electron chi connectivity index (χ2n) is 5.47. The first-order valence-electron chi connectivity index (χ1n) is 6.99. The zero-order valence-electron chi connectivity index (χ0n) is 11.8. The van der Waals surface area contributed by atoms with E-state index in [9.17, 15) is 9.59 Å². The van der Waals surface area contributed by atoms with Crippen molar-refractivity contribution in [3.8, 4) is 0 Å². The van der Waals surface area contributed by atoms with Crippen molar-refractivity contribution < 1.29 is 9.59 Å². The topological polar surface area (TPSA) is 46.2 Å². The van der Waals surface area contributed by atoms with Crippen LogP contribution in [0.5, 0.6) is 0 Å². The van der Waals surface area contributed by atoms with Crippen molar-refractivity contribution >= 4 is 11.8 Å². The summed E-state index contributed by atoms with van der Waals surface area (Å²) in [5.74, 6) is 0.0105. The molecule has 3 heteroatoms. The van der Waals surface area contributed by atoms with Crippen molar-refractivity contribution in [1.82, 2.24) is 5.32 Å². The fourth-order valence-electron chi connectivity index (χ4n) is 2.62. The second-order valence-corrected chi connectivity index (χ2v) is 5.47. The van der Waals surface area contributed by atoms with Gasteiger partial charge in [0.25, 0.3) is 0 Å². The first-order valence-corrected chi connectivity index (χ1v) is 6.99. The van der Waals surface area contributed by atoms with Gasteiger partial charge >= 0.3 is 0 Å². The molecular weight excluding hydrogens is 238 g/mol. The first kappa shape index (κ1) is 13.8. The predicted octanol–water partition coefficient (Wildman–Crippen LogP) is 2.89. The average molecular weight is 259 g/mol. The number of hydrogen-bond donors (Lipinski definition) is 1. The third-order valence-corrected chi connectivity index (χ3v) is 3.83. The number of hydrogen-bond acceptors (Lipinski definition) is 2. The number of piperidine rings is 1. The largest absolute Gasteiger partial charge is 0.296 e. The highest BCUT2D eigenvalue weighted by molar-refractivity contribution is 6.01. The van der Waals surface area contributed by atoms with E-state index in [2.05, 4.69) is 44.3 Å². The molecule has 1 N–H and O–H groups in total. The molecule has 102 valence electrons. The lowest BCUT2D eigenvalue weighted by molar-refractivity contribution is -0.134. The fraction of sp³-hybridized carbons (Fsp3) is 0.500. The Hall–Kier alpha value is -1.64. The second kappa shape index (κ2) is 5.55. The molecule has 19 heavy (non-hydrogen) atoms. The van der Waals surface area contributed by atoms with Crippen LogP contribution in [0.1, 0.15) is 62.1 Å². The predicted molar refractivity (Wildman–Crippen MR) is 75.0 cm³/mol. The lowest BCUT2D eigenvalue weighted by Gasteiger charge is -2.24. The molecule has 0 radical (unpaired) electrons. The smallest absolute Gasteiger partial charge is 0.234 e. The molecule has 0 aliphatic carbocycles. The van der Waals surface area contributed by atoms with E-state index in [1.807, 2.05) is 0 Å². The van der Waals surface area contributed by atoms with Crippen LogP contribution in [-0.2, 0) is 16.0 Å². The summed E-state index contributed by atoms with van der Waals surface area (Å²) in [6, 6.07) is 6.36. The van der Waals surface area contributed by atoms with E-state index in [0.717, 1.165) is 12.0 Å². The Kier molecular flexibility index (Phi) is 4.03. The molecular formula is C16H21NO2. The van der Waals surface area contributed by atoms with Gasteiger partial charge in [-0.2, -0.15) is 0 Å². The van der Waals surface area contributed by atoms with Crippen LogP contribution in [0.3, 0.4) is 0 Å². The molecule has 0 saturated carbocycles. The standard InChI is InChI=1S/C16H21NO2/c1-4-11-9-12(10(2)3)5-6-13(11)14-7-8-15(18)17-16(14)19/h5-6,9-10,14H,4,7-8H2,1-3H3,(H,17,18,19)/t14-/m1/s1. The number of amides is 2. The SMILES string of the molecule is CCc1cc(C(C)C)ccc1[C@H]1CCC(=O)NC1=O. The van der Waals surface area contributed by atoms with Gasteiger partial charge in [0.1, 0.15) is 0 Å². The Morgan fingerprint density at radius 2 is 2.05 bits per heavy atom. The van der Waals surface area contributed by atoms with Gasteiger partial charge in [-0.3, -0.25) is 14.9 Å². The summed E-state index contributed by atoms with van der Waals surface area (Å²) in [5.41, 5.74) is 3.60. The Morgan fingerprint density at radius 3 is 2.63 bits per heavy atom. The quantitative estimate of drug-likeness (QED) is 0.848. The molecule has 0 aromatic heterocycles. The highest BCUT2D eigenvalue weighted by atomic mass is 16.2. The molecule has 1 aromatic carbocycles. The summed E-state index contributed by atoms with van der Waals surface area (Å²) in [6.45, 7) is 6.44. The third-order valence-electron chi connectivity index (χ3n) is 3.83. The number of nitrogens with one attached hydrogen (secondary N) is 1. The van der Waals surface area contributed by atoms with Crippen molar-refractivity contribution in [2.45, 2.75) is 51.9 Å². The Morgan fingerprint density at radius 1 is 1.32 bits per heavy atom. The van der Waals surface area contributed by atoms with Crippen LogP contribution < -0.4 is 5.32 Å². The zero-order valence-corrected chi connectivity index (χ0v) is 11.8. The Bertz CT molecular complexity index is 505. The molecule has 1 atom stereocenters. The van der Waals surface area contributed by atoms with Crippen molar-refractivity contribution in [3.63, 3.8) is 0 Å². The Balaban J connectivity index is 2.34. The van der Waals surface area contributed by atoms with E-state index >= 15 is 0 Å². The molecule has 3 nitrogen and oxygen atoms in total. The molecule has 1 heterocycles. The number of rotatable bonds is 3. The molecule has 0 spiro atoms. The normalized spacial score (nSPS) is 19.7. The molecule has 1 aliphatic heterocycles. The van der Waals surface area contributed by atoms with E-state index in [1.54, 1.807) is 0 Å². The maximum Gasteiger partial charge on any atom is 0.234 e. The zero-order chi connectivity index (χ0) is 14.0. The summed E-state index contributed by atoms with van der Waals surface area (Å²) < 4.78 is 0. The fourth-order valence-corrected chi connectivity index (χ4v) is 2.62. The van der Waals surface area contributed by atoms with E-state index in [1.165, 1.54) is 11.1 Å². The van der Waals surface area contributed by atoms with Gasteiger partial charge in [-0.15, -0.1) is 0 Å². The third kappa shape index (κ3) is 2.86. The molecule has 1 aliphatic rings. The summed E-state index contributed by atoms with van der Waals surface area (Å²) in [5, 5.41) is 2.44.